The number of amides is 2. The third-order valence-electron chi connectivity index (χ3n) is 5.74. The largest absolute Gasteiger partial charge is 0.496 e. The number of hydrogen-bond donors (Lipinski definition) is 0. The van der Waals surface area contributed by atoms with E-state index in [0.717, 1.165) is 10.5 Å². The summed E-state index contributed by atoms with van der Waals surface area (Å²) in [6.07, 6.45) is -1.06. The van der Waals surface area contributed by atoms with Gasteiger partial charge in [0.25, 0.3) is 5.91 Å². The highest BCUT2D eigenvalue weighted by molar-refractivity contribution is 9.10. The van der Waals surface area contributed by atoms with E-state index in [-0.39, 0.29) is 5.69 Å². The Morgan fingerprint density at radius 2 is 1.69 bits per heavy atom. The number of benzene rings is 3. The van der Waals surface area contributed by atoms with Crippen LogP contribution in [0.2, 0.25) is 0 Å². The number of imide groups is 1. The van der Waals surface area contributed by atoms with Crippen LogP contribution in [0.3, 0.4) is 0 Å². The lowest BCUT2D eigenvalue weighted by atomic mass is 9.90. The maximum Gasteiger partial charge on any atom is 0.266 e. The molecule has 3 atom stereocenters. The van der Waals surface area contributed by atoms with Gasteiger partial charge < -0.3 is 4.74 Å². The Balaban J connectivity index is 1.61. The van der Waals surface area contributed by atoms with Gasteiger partial charge in [-0.2, -0.15) is 0 Å². The van der Waals surface area contributed by atoms with Crippen LogP contribution < -0.4 is 14.7 Å². The summed E-state index contributed by atoms with van der Waals surface area (Å²) in [6, 6.07) is 19.9. The van der Waals surface area contributed by atoms with Crippen molar-refractivity contribution in [2.24, 2.45) is 5.92 Å². The Bertz CT molecular complexity index is 1210. The first-order chi connectivity index (χ1) is 15.5. The predicted octanol–water partition coefficient (Wildman–Crippen LogP) is 4.65. The molecule has 3 aromatic rings. The zero-order valence-electron chi connectivity index (χ0n) is 16.9. The molecule has 162 valence electrons. The third-order valence-corrected chi connectivity index (χ3v) is 6.36. The van der Waals surface area contributed by atoms with E-state index < -0.39 is 35.7 Å². The molecule has 3 unspecified atom stereocenters. The molecule has 8 heteroatoms. The molecular weight excluding hydrogens is 479 g/mol. The summed E-state index contributed by atoms with van der Waals surface area (Å²) in [5, 5.41) is 1.60. The number of methoxy groups -OCH3 is 1. The Hall–Kier alpha value is -3.23. The van der Waals surface area contributed by atoms with E-state index in [9.17, 15) is 14.0 Å². The molecule has 32 heavy (non-hydrogen) atoms. The Morgan fingerprint density at radius 3 is 2.38 bits per heavy atom. The third kappa shape index (κ3) is 3.18. The van der Waals surface area contributed by atoms with Gasteiger partial charge in [-0.3, -0.25) is 14.4 Å². The standard InChI is InChI=1S/C24H18BrFN2O4/c1-31-19-12-11-14(13-16(19)25)21-20-22(32-28(21)15-7-3-2-4-8-15)24(30)27(23(20)29)18-10-6-5-9-17(18)26/h2-13,20-22H,1H3. The number of nitrogens with zero attached hydrogens (tertiary/aromatic N) is 2. The van der Waals surface area contributed by atoms with Crippen LogP contribution in [-0.4, -0.2) is 25.0 Å². The molecule has 2 saturated heterocycles. The number of fused-ring (bicyclic) bond motifs is 1. The zero-order valence-corrected chi connectivity index (χ0v) is 18.5. The van der Waals surface area contributed by atoms with Gasteiger partial charge in [-0.25, -0.2) is 14.4 Å². The van der Waals surface area contributed by atoms with E-state index in [1.807, 2.05) is 42.5 Å². The second-order valence-corrected chi connectivity index (χ2v) is 8.37. The second-order valence-electron chi connectivity index (χ2n) is 7.52. The fourth-order valence-electron chi connectivity index (χ4n) is 4.29. The molecule has 2 heterocycles. The summed E-state index contributed by atoms with van der Waals surface area (Å²) in [7, 11) is 1.57. The average molecular weight is 497 g/mol. The number of anilines is 2. The van der Waals surface area contributed by atoms with Crippen molar-refractivity contribution in [2.45, 2.75) is 12.1 Å². The number of rotatable bonds is 4. The van der Waals surface area contributed by atoms with Gasteiger partial charge in [-0.05, 0) is 57.9 Å². The van der Waals surface area contributed by atoms with Crippen LogP contribution in [0.15, 0.2) is 77.3 Å². The maximum absolute atomic E-state index is 14.4. The smallest absolute Gasteiger partial charge is 0.266 e. The van der Waals surface area contributed by atoms with E-state index >= 15 is 0 Å². The van der Waals surface area contributed by atoms with Crippen molar-refractivity contribution in [3.8, 4) is 5.75 Å². The summed E-state index contributed by atoms with van der Waals surface area (Å²) in [5.41, 5.74) is 1.39. The zero-order chi connectivity index (χ0) is 22.4. The Kier molecular flexibility index (Phi) is 5.19. The summed E-state index contributed by atoms with van der Waals surface area (Å²) in [5.74, 6) is -1.93. The number of hydroxylamine groups is 1. The van der Waals surface area contributed by atoms with Gasteiger partial charge in [0, 0.05) is 0 Å². The van der Waals surface area contributed by atoms with Crippen LogP contribution >= 0.6 is 15.9 Å². The average Bonchev–Trinajstić information content (AvgIpc) is 3.31. The molecule has 0 saturated carbocycles. The van der Waals surface area contributed by atoms with E-state index in [1.54, 1.807) is 24.3 Å². The van der Waals surface area contributed by atoms with Crippen LogP contribution in [0.1, 0.15) is 11.6 Å². The Labute approximate surface area is 192 Å². The molecule has 2 amide bonds. The quantitative estimate of drug-likeness (QED) is 0.492. The number of para-hydroxylation sites is 2. The van der Waals surface area contributed by atoms with Crippen LogP contribution in [-0.2, 0) is 14.4 Å². The number of carbonyl (C=O) groups is 2. The fourth-order valence-corrected chi connectivity index (χ4v) is 4.85. The van der Waals surface area contributed by atoms with Crippen molar-refractivity contribution in [1.29, 1.82) is 0 Å². The lowest BCUT2D eigenvalue weighted by Crippen LogP contribution is -2.37. The molecule has 0 bridgehead atoms. The first kappa shape index (κ1) is 20.7. The van der Waals surface area contributed by atoms with E-state index in [2.05, 4.69) is 15.9 Å². The molecule has 0 spiro atoms. The van der Waals surface area contributed by atoms with Crippen LogP contribution in [0.4, 0.5) is 15.8 Å². The monoisotopic (exact) mass is 496 g/mol. The highest BCUT2D eigenvalue weighted by Gasteiger charge is 2.60. The number of halogens is 2. The molecule has 2 aliphatic rings. The van der Waals surface area contributed by atoms with Gasteiger partial charge in [0.15, 0.2) is 6.10 Å². The van der Waals surface area contributed by atoms with Gasteiger partial charge in [-0.15, -0.1) is 0 Å². The lowest BCUT2D eigenvalue weighted by Gasteiger charge is -2.29. The molecular formula is C24H18BrFN2O4. The van der Waals surface area contributed by atoms with E-state index in [4.69, 9.17) is 9.57 Å². The van der Waals surface area contributed by atoms with Crippen LogP contribution in [0.25, 0.3) is 0 Å². The van der Waals surface area contributed by atoms with Crippen LogP contribution in [0, 0.1) is 11.7 Å². The van der Waals surface area contributed by atoms with Crippen molar-refractivity contribution in [2.75, 3.05) is 17.1 Å². The maximum atomic E-state index is 14.4. The SMILES string of the molecule is COc1ccc(C2C3C(=O)N(c4ccccc4F)C(=O)C3ON2c2ccccc2)cc1Br. The lowest BCUT2D eigenvalue weighted by molar-refractivity contribution is -0.126. The first-order valence-electron chi connectivity index (χ1n) is 9.98. The van der Waals surface area contributed by atoms with E-state index in [1.165, 1.54) is 18.2 Å². The molecule has 2 aliphatic heterocycles. The normalized spacial score (nSPS) is 22.4. The minimum Gasteiger partial charge on any atom is -0.496 e. The van der Waals surface area contributed by atoms with Crippen LogP contribution in [0.5, 0.6) is 5.75 Å². The van der Waals surface area contributed by atoms with Gasteiger partial charge in [-0.1, -0.05) is 36.4 Å². The van der Waals surface area contributed by atoms with E-state index in [0.29, 0.717) is 15.9 Å². The number of ether oxygens (including phenoxy) is 1. The summed E-state index contributed by atoms with van der Waals surface area (Å²) in [6.45, 7) is 0. The summed E-state index contributed by atoms with van der Waals surface area (Å²) < 4.78 is 20.5. The predicted molar refractivity (Wildman–Crippen MR) is 120 cm³/mol. The second kappa shape index (κ2) is 8.03. The highest BCUT2D eigenvalue weighted by atomic mass is 79.9. The van der Waals surface area contributed by atoms with Gasteiger partial charge in [0.1, 0.15) is 17.5 Å². The van der Waals surface area contributed by atoms with Crippen molar-refractivity contribution >= 4 is 39.1 Å². The van der Waals surface area contributed by atoms with Crippen molar-refractivity contribution < 1.29 is 23.6 Å². The summed E-state index contributed by atoms with van der Waals surface area (Å²) >= 11 is 3.49. The minimum absolute atomic E-state index is 0.0681. The highest BCUT2D eigenvalue weighted by Crippen LogP contribution is 2.48. The number of hydrogen-bond acceptors (Lipinski definition) is 5. The molecule has 6 nitrogen and oxygen atoms in total. The molecule has 3 aromatic carbocycles. The van der Waals surface area contributed by atoms with Gasteiger partial charge >= 0.3 is 0 Å². The summed E-state index contributed by atoms with van der Waals surface area (Å²) in [4.78, 5) is 33.7. The van der Waals surface area contributed by atoms with Gasteiger partial charge in [0.2, 0.25) is 5.91 Å². The molecule has 0 aliphatic carbocycles. The van der Waals surface area contributed by atoms with Crippen molar-refractivity contribution in [3.63, 3.8) is 0 Å². The number of carbonyl (C=O) groups excluding carboxylic acids is 2. The molecule has 0 radical (unpaired) electrons. The van der Waals surface area contributed by atoms with Crippen molar-refractivity contribution in [1.82, 2.24) is 0 Å². The Morgan fingerprint density at radius 1 is 0.969 bits per heavy atom. The van der Waals surface area contributed by atoms with Gasteiger partial charge in [0.05, 0.1) is 29.0 Å². The topological polar surface area (TPSA) is 59.1 Å². The first-order valence-corrected chi connectivity index (χ1v) is 10.8. The fraction of sp³-hybridized carbons (Fsp3) is 0.167. The van der Waals surface area contributed by atoms with Crippen molar-refractivity contribution in [3.05, 3.63) is 88.6 Å². The molecule has 2 fully saturated rings. The molecule has 0 N–H and O–H groups in total. The molecule has 0 aromatic heterocycles. The minimum atomic E-state index is -1.06. The molecule has 5 rings (SSSR count).